The van der Waals surface area contributed by atoms with Crippen LogP contribution in [0.1, 0.15) is 16.8 Å². The van der Waals surface area contributed by atoms with Crippen molar-refractivity contribution in [3.05, 3.63) is 29.0 Å². The Hall–Kier alpha value is -1.17. The van der Waals surface area contributed by atoms with Gasteiger partial charge in [0.05, 0.1) is 10.6 Å². The normalized spacial score (nSPS) is 24.5. The zero-order valence-electron chi connectivity index (χ0n) is 12.3. The first kappa shape index (κ1) is 14.8. The number of piperazine rings is 1. The highest BCUT2D eigenvalue weighted by atomic mass is 35.5. The molecule has 2 saturated heterocycles. The second-order valence-corrected chi connectivity index (χ2v) is 6.36. The predicted molar refractivity (Wildman–Crippen MR) is 82.6 cm³/mol. The Morgan fingerprint density at radius 2 is 2.00 bits per heavy atom. The number of aromatic nitrogens is 1. The van der Waals surface area contributed by atoms with Gasteiger partial charge in [-0.1, -0.05) is 11.6 Å². The molecule has 2 aliphatic rings. The monoisotopic (exact) mass is 308 g/mol. The number of hydrogen-bond donors (Lipinski definition) is 0. The van der Waals surface area contributed by atoms with E-state index in [1.54, 1.807) is 18.5 Å². The fourth-order valence-corrected chi connectivity index (χ4v) is 3.30. The van der Waals surface area contributed by atoms with Gasteiger partial charge in [0.2, 0.25) is 0 Å². The van der Waals surface area contributed by atoms with Crippen LogP contribution in [-0.2, 0) is 0 Å². The molecule has 0 aromatic carbocycles. The highest BCUT2D eigenvalue weighted by Gasteiger charge is 2.32. The van der Waals surface area contributed by atoms with Crippen molar-refractivity contribution >= 4 is 17.5 Å². The molecule has 1 amide bonds. The lowest BCUT2D eigenvalue weighted by atomic mass is 10.2. The maximum absolute atomic E-state index is 12.5. The number of likely N-dealkylation sites (tertiary alicyclic amines) is 1. The minimum absolute atomic E-state index is 0.0432. The number of nitrogens with zero attached hydrogens (tertiary/aromatic N) is 4. The van der Waals surface area contributed by atoms with E-state index in [1.165, 1.54) is 0 Å². The van der Waals surface area contributed by atoms with Crippen molar-refractivity contribution in [3.8, 4) is 0 Å². The molecule has 0 saturated carbocycles. The third kappa shape index (κ3) is 3.36. The van der Waals surface area contributed by atoms with Crippen molar-refractivity contribution in [1.29, 1.82) is 0 Å². The van der Waals surface area contributed by atoms with Gasteiger partial charge in [-0.05, 0) is 19.5 Å². The summed E-state index contributed by atoms with van der Waals surface area (Å²) in [4.78, 5) is 23.3. The van der Waals surface area contributed by atoms with Crippen molar-refractivity contribution in [2.45, 2.75) is 12.5 Å². The van der Waals surface area contributed by atoms with E-state index in [0.29, 0.717) is 16.6 Å². The zero-order valence-corrected chi connectivity index (χ0v) is 13.1. The summed E-state index contributed by atoms with van der Waals surface area (Å²) in [6, 6.07) is 2.19. The van der Waals surface area contributed by atoms with Crippen LogP contribution in [-0.4, -0.2) is 77.9 Å². The molecule has 6 heteroatoms. The van der Waals surface area contributed by atoms with E-state index in [4.69, 9.17) is 11.6 Å². The Morgan fingerprint density at radius 3 is 2.71 bits per heavy atom. The number of pyridine rings is 1. The average Bonchev–Trinajstić information content (AvgIpc) is 2.97. The molecule has 5 nitrogen and oxygen atoms in total. The molecule has 0 N–H and O–H groups in total. The Morgan fingerprint density at radius 1 is 1.24 bits per heavy atom. The van der Waals surface area contributed by atoms with Gasteiger partial charge in [0.15, 0.2) is 0 Å². The summed E-state index contributed by atoms with van der Waals surface area (Å²) in [5, 5.41) is 0.510. The summed E-state index contributed by atoms with van der Waals surface area (Å²) in [7, 11) is 2.16. The quantitative estimate of drug-likeness (QED) is 0.823. The number of amides is 1. The largest absolute Gasteiger partial charge is 0.337 e. The Balaban J connectivity index is 1.60. The van der Waals surface area contributed by atoms with E-state index in [-0.39, 0.29) is 5.91 Å². The lowest BCUT2D eigenvalue weighted by Crippen LogP contribution is -2.50. The molecule has 0 radical (unpaired) electrons. The number of halogens is 1. The zero-order chi connectivity index (χ0) is 14.8. The third-order valence-electron chi connectivity index (χ3n) is 4.46. The summed E-state index contributed by atoms with van der Waals surface area (Å²) in [6.45, 7) is 6.06. The summed E-state index contributed by atoms with van der Waals surface area (Å²) in [5.41, 5.74) is 0.585. The molecular weight excluding hydrogens is 288 g/mol. The molecule has 2 fully saturated rings. The summed E-state index contributed by atoms with van der Waals surface area (Å²) in [6.07, 6.45) is 4.20. The van der Waals surface area contributed by atoms with Crippen LogP contribution < -0.4 is 0 Å². The maximum Gasteiger partial charge on any atom is 0.255 e. The minimum Gasteiger partial charge on any atom is -0.337 e. The second-order valence-electron chi connectivity index (χ2n) is 5.92. The van der Waals surface area contributed by atoms with Crippen LogP contribution in [0.25, 0.3) is 0 Å². The van der Waals surface area contributed by atoms with E-state index in [2.05, 4.69) is 21.8 Å². The van der Waals surface area contributed by atoms with Crippen LogP contribution in [0.5, 0.6) is 0 Å². The molecule has 3 rings (SSSR count). The van der Waals surface area contributed by atoms with Gasteiger partial charge in [-0.15, -0.1) is 0 Å². The molecule has 1 aromatic rings. The van der Waals surface area contributed by atoms with Crippen LogP contribution in [0, 0.1) is 0 Å². The molecule has 0 bridgehead atoms. The molecule has 1 atom stereocenters. The van der Waals surface area contributed by atoms with Crippen molar-refractivity contribution < 1.29 is 4.79 Å². The molecule has 3 heterocycles. The molecule has 21 heavy (non-hydrogen) atoms. The standard InChI is InChI=1S/C15H21ClN4O/c1-18-4-6-19(7-5-18)14-2-3-20(11-14)15(21)12-8-13(16)10-17-9-12/h8-10,14H,2-7,11H2,1H3. The van der Waals surface area contributed by atoms with Crippen molar-refractivity contribution in [3.63, 3.8) is 0 Å². The smallest absolute Gasteiger partial charge is 0.255 e. The lowest BCUT2D eigenvalue weighted by Gasteiger charge is -2.36. The Kier molecular flexibility index (Phi) is 4.42. The number of rotatable bonds is 2. The van der Waals surface area contributed by atoms with Crippen LogP contribution in [0.4, 0.5) is 0 Å². The lowest BCUT2D eigenvalue weighted by molar-refractivity contribution is 0.0755. The predicted octanol–water partition coefficient (Wildman–Crippen LogP) is 1.20. The summed E-state index contributed by atoms with van der Waals surface area (Å²) in [5.74, 6) is 0.0432. The first-order chi connectivity index (χ1) is 10.1. The molecular formula is C15H21ClN4O. The number of carbonyl (C=O) groups excluding carboxylic acids is 1. The van der Waals surface area contributed by atoms with Crippen LogP contribution in [0.15, 0.2) is 18.5 Å². The van der Waals surface area contributed by atoms with Crippen LogP contribution in [0.2, 0.25) is 5.02 Å². The molecule has 0 spiro atoms. The first-order valence-electron chi connectivity index (χ1n) is 7.46. The van der Waals surface area contributed by atoms with E-state index < -0.39 is 0 Å². The van der Waals surface area contributed by atoms with Gasteiger partial charge in [0.1, 0.15) is 0 Å². The second kappa shape index (κ2) is 6.30. The van der Waals surface area contributed by atoms with Crippen LogP contribution >= 0.6 is 11.6 Å². The fraction of sp³-hybridized carbons (Fsp3) is 0.600. The molecule has 114 valence electrons. The molecule has 1 unspecified atom stereocenters. The fourth-order valence-electron chi connectivity index (χ4n) is 3.12. The average molecular weight is 309 g/mol. The van der Waals surface area contributed by atoms with E-state index >= 15 is 0 Å². The maximum atomic E-state index is 12.5. The number of carbonyl (C=O) groups is 1. The molecule has 1 aromatic heterocycles. The number of hydrogen-bond acceptors (Lipinski definition) is 4. The topological polar surface area (TPSA) is 39.7 Å². The van der Waals surface area contributed by atoms with Gasteiger partial charge in [-0.2, -0.15) is 0 Å². The molecule has 2 aliphatic heterocycles. The van der Waals surface area contributed by atoms with Gasteiger partial charge in [-0.25, -0.2) is 0 Å². The molecule has 0 aliphatic carbocycles. The Labute approximate surface area is 130 Å². The van der Waals surface area contributed by atoms with E-state index in [0.717, 1.165) is 45.7 Å². The van der Waals surface area contributed by atoms with Crippen molar-refractivity contribution in [1.82, 2.24) is 19.7 Å². The minimum atomic E-state index is 0.0432. The third-order valence-corrected chi connectivity index (χ3v) is 4.66. The van der Waals surface area contributed by atoms with Gasteiger partial charge >= 0.3 is 0 Å². The SMILES string of the molecule is CN1CCN(C2CCN(C(=O)c3cncc(Cl)c3)C2)CC1. The number of likely N-dealkylation sites (N-methyl/N-ethyl adjacent to an activating group) is 1. The van der Waals surface area contributed by atoms with Crippen molar-refractivity contribution in [2.75, 3.05) is 46.3 Å². The summed E-state index contributed by atoms with van der Waals surface area (Å²) < 4.78 is 0. The van der Waals surface area contributed by atoms with Gasteiger partial charge < -0.3 is 9.80 Å². The Bertz CT molecular complexity index is 516. The van der Waals surface area contributed by atoms with Gasteiger partial charge in [0, 0.05) is 57.7 Å². The summed E-state index contributed by atoms with van der Waals surface area (Å²) >= 11 is 5.91. The highest BCUT2D eigenvalue weighted by Crippen LogP contribution is 2.20. The van der Waals surface area contributed by atoms with E-state index in [9.17, 15) is 4.79 Å². The van der Waals surface area contributed by atoms with Gasteiger partial charge in [0.25, 0.3) is 5.91 Å². The van der Waals surface area contributed by atoms with Gasteiger partial charge in [-0.3, -0.25) is 14.7 Å². The first-order valence-corrected chi connectivity index (χ1v) is 7.84. The van der Waals surface area contributed by atoms with Crippen LogP contribution in [0.3, 0.4) is 0 Å². The highest BCUT2D eigenvalue weighted by molar-refractivity contribution is 6.30. The van der Waals surface area contributed by atoms with E-state index in [1.807, 2.05) is 4.90 Å². The van der Waals surface area contributed by atoms with Crippen molar-refractivity contribution in [2.24, 2.45) is 0 Å².